The first-order chi connectivity index (χ1) is 11.5. The van der Waals surface area contributed by atoms with Crippen LogP contribution in [0.3, 0.4) is 0 Å². The third-order valence-electron chi connectivity index (χ3n) is 4.19. The minimum absolute atomic E-state index is 0.0687. The van der Waals surface area contributed by atoms with Crippen molar-refractivity contribution in [3.63, 3.8) is 0 Å². The van der Waals surface area contributed by atoms with Crippen molar-refractivity contribution >= 4 is 23.4 Å². The number of fused-ring (bicyclic) bond motifs is 1. The summed E-state index contributed by atoms with van der Waals surface area (Å²) in [6.45, 7) is 3.92. The zero-order valence-electron chi connectivity index (χ0n) is 13.6. The second-order valence-electron chi connectivity index (χ2n) is 5.87. The van der Waals surface area contributed by atoms with E-state index >= 15 is 0 Å². The molecule has 0 saturated heterocycles. The molecule has 0 fully saturated rings. The Hall–Kier alpha value is -2.95. The highest BCUT2D eigenvalue weighted by molar-refractivity contribution is 6.21. The van der Waals surface area contributed by atoms with Gasteiger partial charge in [0.1, 0.15) is 0 Å². The lowest BCUT2D eigenvalue weighted by Gasteiger charge is -2.15. The Morgan fingerprint density at radius 1 is 0.917 bits per heavy atom. The summed E-state index contributed by atoms with van der Waals surface area (Å²) in [6, 6.07) is 12.5. The van der Waals surface area contributed by atoms with Gasteiger partial charge >= 0.3 is 0 Å². The molecule has 3 amide bonds. The fraction of sp³-hybridized carbons (Fsp3) is 0.211. The van der Waals surface area contributed by atoms with Gasteiger partial charge in [0, 0.05) is 18.7 Å². The fourth-order valence-electron chi connectivity index (χ4n) is 2.87. The van der Waals surface area contributed by atoms with Crippen LogP contribution in [0.5, 0.6) is 0 Å². The average Bonchev–Trinajstić information content (AvgIpc) is 2.81. The van der Waals surface area contributed by atoms with Gasteiger partial charge in [0.15, 0.2) is 0 Å². The molecular formula is C19H18N2O3. The van der Waals surface area contributed by atoms with Gasteiger partial charge in [-0.1, -0.05) is 30.3 Å². The zero-order chi connectivity index (χ0) is 17.3. The molecule has 1 aliphatic rings. The van der Waals surface area contributed by atoms with Gasteiger partial charge < -0.3 is 5.32 Å². The monoisotopic (exact) mass is 322 g/mol. The second kappa shape index (κ2) is 6.28. The van der Waals surface area contributed by atoms with Crippen molar-refractivity contribution in [3.8, 4) is 0 Å². The van der Waals surface area contributed by atoms with Crippen LogP contribution >= 0.6 is 0 Å². The molecule has 5 heteroatoms. The Labute approximate surface area is 140 Å². The van der Waals surface area contributed by atoms with Gasteiger partial charge in [0.05, 0.1) is 11.1 Å². The third kappa shape index (κ3) is 2.80. The summed E-state index contributed by atoms with van der Waals surface area (Å²) in [5.41, 5.74) is 3.54. The number of hydrogen-bond donors (Lipinski definition) is 1. The standard InChI is InChI=1S/C19H18N2O3/c1-12-6-5-7-13(2)17(12)20-16(22)10-11-21-18(23)14-8-3-4-9-15(14)19(21)24/h3-9H,10-11H2,1-2H3,(H,20,22). The molecule has 24 heavy (non-hydrogen) atoms. The minimum atomic E-state index is -0.338. The highest BCUT2D eigenvalue weighted by Gasteiger charge is 2.34. The van der Waals surface area contributed by atoms with Crippen LogP contribution in [0, 0.1) is 13.8 Å². The van der Waals surface area contributed by atoms with E-state index in [0.717, 1.165) is 21.7 Å². The quantitative estimate of drug-likeness (QED) is 0.880. The van der Waals surface area contributed by atoms with E-state index in [1.165, 1.54) is 0 Å². The van der Waals surface area contributed by atoms with Crippen molar-refractivity contribution in [2.45, 2.75) is 20.3 Å². The molecule has 0 unspecified atom stereocenters. The van der Waals surface area contributed by atoms with Crippen molar-refractivity contribution in [1.82, 2.24) is 4.90 Å². The summed E-state index contributed by atoms with van der Waals surface area (Å²) in [4.78, 5) is 37.9. The van der Waals surface area contributed by atoms with Gasteiger partial charge in [-0.05, 0) is 37.1 Å². The van der Waals surface area contributed by atoms with Crippen molar-refractivity contribution in [1.29, 1.82) is 0 Å². The first-order valence-corrected chi connectivity index (χ1v) is 7.80. The van der Waals surface area contributed by atoms with Crippen LogP contribution in [0.4, 0.5) is 5.69 Å². The van der Waals surface area contributed by atoms with Crippen molar-refractivity contribution in [2.24, 2.45) is 0 Å². The van der Waals surface area contributed by atoms with E-state index in [-0.39, 0.29) is 30.7 Å². The number of nitrogens with one attached hydrogen (secondary N) is 1. The number of carbonyl (C=O) groups is 3. The maximum atomic E-state index is 12.3. The molecule has 0 atom stereocenters. The number of anilines is 1. The summed E-state index contributed by atoms with van der Waals surface area (Å²) in [5, 5.41) is 2.87. The van der Waals surface area contributed by atoms with E-state index in [0.29, 0.717) is 11.1 Å². The number of amides is 3. The molecule has 1 heterocycles. The average molecular weight is 322 g/mol. The van der Waals surface area contributed by atoms with Crippen molar-refractivity contribution < 1.29 is 14.4 Å². The Bertz CT molecular complexity index is 787. The predicted octanol–water partition coefficient (Wildman–Crippen LogP) is 2.93. The van der Waals surface area contributed by atoms with E-state index in [9.17, 15) is 14.4 Å². The molecule has 0 radical (unpaired) electrons. The van der Waals surface area contributed by atoms with Crippen LogP contribution in [0.25, 0.3) is 0 Å². The van der Waals surface area contributed by atoms with E-state index in [2.05, 4.69) is 5.32 Å². The molecule has 0 bridgehead atoms. The molecule has 0 saturated carbocycles. The number of nitrogens with zero attached hydrogens (tertiary/aromatic N) is 1. The van der Waals surface area contributed by atoms with Crippen LogP contribution < -0.4 is 5.32 Å². The highest BCUT2D eigenvalue weighted by atomic mass is 16.2. The Morgan fingerprint density at radius 2 is 1.46 bits per heavy atom. The number of benzene rings is 2. The first-order valence-electron chi connectivity index (χ1n) is 7.80. The van der Waals surface area contributed by atoms with Crippen molar-refractivity contribution in [3.05, 3.63) is 64.7 Å². The largest absolute Gasteiger partial charge is 0.326 e. The van der Waals surface area contributed by atoms with Crippen LogP contribution in [-0.4, -0.2) is 29.2 Å². The first kappa shape index (κ1) is 15.9. The third-order valence-corrected chi connectivity index (χ3v) is 4.19. The second-order valence-corrected chi connectivity index (χ2v) is 5.87. The predicted molar refractivity (Wildman–Crippen MR) is 91.0 cm³/mol. The van der Waals surface area contributed by atoms with E-state index < -0.39 is 0 Å². The summed E-state index contributed by atoms with van der Waals surface area (Å²) < 4.78 is 0. The molecule has 122 valence electrons. The maximum Gasteiger partial charge on any atom is 0.261 e. The van der Waals surface area contributed by atoms with Gasteiger partial charge in [0.25, 0.3) is 11.8 Å². The summed E-state index contributed by atoms with van der Waals surface area (Å²) in [5.74, 6) is -0.894. The molecule has 5 nitrogen and oxygen atoms in total. The SMILES string of the molecule is Cc1cccc(C)c1NC(=O)CCN1C(=O)c2ccccc2C1=O. The molecule has 1 N–H and O–H groups in total. The topological polar surface area (TPSA) is 66.5 Å². The number of para-hydroxylation sites is 1. The van der Waals surface area contributed by atoms with Crippen molar-refractivity contribution in [2.75, 3.05) is 11.9 Å². The van der Waals surface area contributed by atoms with Crippen LogP contribution in [-0.2, 0) is 4.79 Å². The maximum absolute atomic E-state index is 12.3. The van der Waals surface area contributed by atoms with E-state index in [4.69, 9.17) is 0 Å². The summed E-state index contributed by atoms with van der Waals surface area (Å²) in [7, 11) is 0. The lowest BCUT2D eigenvalue weighted by Crippen LogP contribution is -2.33. The fourth-order valence-corrected chi connectivity index (χ4v) is 2.87. The number of rotatable bonds is 4. The molecule has 0 aromatic heterocycles. The summed E-state index contributed by atoms with van der Waals surface area (Å²) in [6.07, 6.45) is 0.0687. The van der Waals surface area contributed by atoms with E-state index in [1.54, 1.807) is 24.3 Å². The lowest BCUT2D eigenvalue weighted by molar-refractivity contribution is -0.116. The number of hydrogen-bond acceptors (Lipinski definition) is 3. The minimum Gasteiger partial charge on any atom is -0.326 e. The molecule has 0 aliphatic carbocycles. The van der Waals surface area contributed by atoms with Gasteiger partial charge in [0.2, 0.25) is 5.91 Å². The number of aryl methyl sites for hydroxylation is 2. The number of carbonyl (C=O) groups excluding carboxylic acids is 3. The molecule has 0 spiro atoms. The Morgan fingerprint density at radius 3 is 2.00 bits per heavy atom. The Kier molecular flexibility index (Phi) is 4.16. The van der Waals surface area contributed by atoms with Gasteiger partial charge in [-0.3, -0.25) is 19.3 Å². The summed E-state index contributed by atoms with van der Waals surface area (Å²) >= 11 is 0. The molecular weight excluding hydrogens is 304 g/mol. The molecule has 2 aromatic rings. The van der Waals surface area contributed by atoms with E-state index in [1.807, 2.05) is 32.0 Å². The van der Waals surface area contributed by atoms with Gasteiger partial charge in [-0.15, -0.1) is 0 Å². The van der Waals surface area contributed by atoms with Gasteiger partial charge in [-0.2, -0.15) is 0 Å². The molecule has 1 aliphatic heterocycles. The lowest BCUT2D eigenvalue weighted by atomic mass is 10.1. The highest BCUT2D eigenvalue weighted by Crippen LogP contribution is 2.23. The van der Waals surface area contributed by atoms with Gasteiger partial charge in [-0.25, -0.2) is 0 Å². The Balaban J connectivity index is 1.66. The van der Waals surface area contributed by atoms with Crippen LogP contribution in [0.2, 0.25) is 0 Å². The molecule has 3 rings (SSSR count). The normalized spacial score (nSPS) is 13.2. The number of imide groups is 1. The van der Waals surface area contributed by atoms with Crippen LogP contribution in [0.15, 0.2) is 42.5 Å². The smallest absolute Gasteiger partial charge is 0.261 e. The zero-order valence-corrected chi connectivity index (χ0v) is 13.6. The van der Waals surface area contributed by atoms with Crippen LogP contribution in [0.1, 0.15) is 38.3 Å². The molecule has 2 aromatic carbocycles.